The van der Waals surface area contributed by atoms with Crippen molar-refractivity contribution in [2.75, 3.05) is 19.7 Å². The molecule has 1 aliphatic carbocycles. The van der Waals surface area contributed by atoms with E-state index in [1.165, 1.54) is 0 Å². The minimum atomic E-state index is -0.835. The molecule has 1 saturated carbocycles. The standard InChI is InChI=1S/C12H20N2O4/c1-8-10(11(16)17)4-5-13(8)12(18)14(6-7-15)9-2-3-9/h8-10,15H,2-7H2,1H3,(H,16,17). The third-order valence-corrected chi connectivity index (χ3v) is 3.89. The molecule has 2 unspecified atom stereocenters. The van der Waals surface area contributed by atoms with Crippen molar-refractivity contribution in [3.05, 3.63) is 0 Å². The number of rotatable bonds is 4. The van der Waals surface area contributed by atoms with Gasteiger partial charge in [-0.1, -0.05) is 0 Å². The quantitative estimate of drug-likeness (QED) is 0.761. The molecule has 2 N–H and O–H groups in total. The molecule has 1 aliphatic heterocycles. The Bertz CT molecular complexity index is 343. The molecule has 2 atom stereocenters. The van der Waals surface area contributed by atoms with Crippen LogP contribution in [0.5, 0.6) is 0 Å². The number of carboxylic acid groups (broad SMARTS) is 1. The van der Waals surface area contributed by atoms with Gasteiger partial charge in [0.2, 0.25) is 0 Å². The Morgan fingerprint density at radius 2 is 2.00 bits per heavy atom. The molecule has 18 heavy (non-hydrogen) atoms. The van der Waals surface area contributed by atoms with Crippen LogP contribution in [0.4, 0.5) is 4.79 Å². The molecule has 0 aromatic rings. The third-order valence-electron chi connectivity index (χ3n) is 3.89. The van der Waals surface area contributed by atoms with Crippen molar-refractivity contribution in [3.63, 3.8) is 0 Å². The number of nitrogens with zero attached hydrogens (tertiary/aromatic N) is 2. The van der Waals surface area contributed by atoms with Gasteiger partial charge >= 0.3 is 12.0 Å². The number of likely N-dealkylation sites (tertiary alicyclic amines) is 1. The monoisotopic (exact) mass is 256 g/mol. The lowest BCUT2D eigenvalue weighted by molar-refractivity contribution is -0.142. The molecule has 1 heterocycles. The first-order valence-corrected chi connectivity index (χ1v) is 6.47. The van der Waals surface area contributed by atoms with Crippen LogP contribution < -0.4 is 0 Å². The molecule has 2 rings (SSSR count). The van der Waals surface area contributed by atoms with Crippen molar-refractivity contribution < 1.29 is 19.8 Å². The maximum absolute atomic E-state index is 12.3. The van der Waals surface area contributed by atoms with Gasteiger partial charge in [0.05, 0.1) is 12.5 Å². The molecule has 2 fully saturated rings. The van der Waals surface area contributed by atoms with Gasteiger partial charge < -0.3 is 20.0 Å². The second-order valence-corrected chi connectivity index (χ2v) is 5.10. The first kappa shape index (κ1) is 13.1. The molecule has 0 aromatic carbocycles. The summed E-state index contributed by atoms with van der Waals surface area (Å²) < 4.78 is 0. The smallest absolute Gasteiger partial charge is 0.320 e. The van der Waals surface area contributed by atoms with Gasteiger partial charge in [0.15, 0.2) is 0 Å². The summed E-state index contributed by atoms with van der Waals surface area (Å²) in [6, 6.07) is -0.154. The molecule has 0 bridgehead atoms. The molecular weight excluding hydrogens is 236 g/mol. The predicted molar refractivity (Wildman–Crippen MR) is 64.1 cm³/mol. The van der Waals surface area contributed by atoms with E-state index >= 15 is 0 Å². The van der Waals surface area contributed by atoms with Crippen LogP contribution in [-0.4, -0.2) is 63.8 Å². The minimum Gasteiger partial charge on any atom is -0.481 e. The number of hydrogen-bond donors (Lipinski definition) is 2. The van der Waals surface area contributed by atoms with E-state index in [1.807, 2.05) is 0 Å². The fraction of sp³-hybridized carbons (Fsp3) is 0.833. The highest BCUT2D eigenvalue weighted by Crippen LogP contribution is 2.31. The summed E-state index contributed by atoms with van der Waals surface area (Å²) in [5.41, 5.74) is 0. The Morgan fingerprint density at radius 1 is 1.33 bits per heavy atom. The second kappa shape index (κ2) is 5.14. The van der Waals surface area contributed by atoms with Crippen molar-refractivity contribution in [1.82, 2.24) is 9.80 Å². The van der Waals surface area contributed by atoms with Crippen LogP contribution >= 0.6 is 0 Å². The number of urea groups is 1. The average molecular weight is 256 g/mol. The highest BCUT2D eigenvalue weighted by atomic mass is 16.4. The number of aliphatic hydroxyl groups excluding tert-OH is 1. The number of aliphatic hydroxyl groups is 1. The summed E-state index contributed by atoms with van der Waals surface area (Å²) in [4.78, 5) is 26.7. The maximum atomic E-state index is 12.3. The van der Waals surface area contributed by atoms with E-state index in [0.717, 1.165) is 12.8 Å². The SMILES string of the molecule is CC1C(C(=O)O)CCN1C(=O)N(CCO)C1CC1. The lowest BCUT2D eigenvalue weighted by Gasteiger charge is -2.31. The molecule has 2 amide bonds. The van der Waals surface area contributed by atoms with Crippen molar-refractivity contribution in [2.45, 2.75) is 38.3 Å². The normalized spacial score (nSPS) is 27.3. The molecule has 0 aromatic heterocycles. The van der Waals surface area contributed by atoms with Crippen LogP contribution in [-0.2, 0) is 4.79 Å². The van der Waals surface area contributed by atoms with Crippen LogP contribution in [0, 0.1) is 5.92 Å². The Balaban J connectivity index is 2.02. The molecule has 102 valence electrons. The zero-order valence-corrected chi connectivity index (χ0v) is 10.6. The number of aliphatic carboxylic acids is 1. The third kappa shape index (κ3) is 2.43. The first-order valence-electron chi connectivity index (χ1n) is 6.47. The Labute approximate surface area is 106 Å². The van der Waals surface area contributed by atoms with E-state index in [4.69, 9.17) is 10.2 Å². The lowest BCUT2D eigenvalue weighted by atomic mass is 10.0. The molecule has 0 radical (unpaired) electrons. The number of hydrogen-bond acceptors (Lipinski definition) is 3. The summed E-state index contributed by atoms with van der Waals surface area (Å²) >= 11 is 0. The van der Waals surface area contributed by atoms with Crippen molar-refractivity contribution >= 4 is 12.0 Å². The average Bonchev–Trinajstić information content (AvgIpc) is 3.08. The highest BCUT2D eigenvalue weighted by Gasteiger charge is 2.42. The summed E-state index contributed by atoms with van der Waals surface area (Å²) in [5, 5.41) is 18.1. The van der Waals surface area contributed by atoms with Crippen molar-refractivity contribution in [2.24, 2.45) is 5.92 Å². The van der Waals surface area contributed by atoms with E-state index in [1.54, 1.807) is 16.7 Å². The molecule has 2 aliphatic rings. The Kier molecular flexibility index (Phi) is 3.75. The predicted octanol–water partition coefficient (Wildman–Crippen LogP) is 0.358. The van der Waals surface area contributed by atoms with Gasteiger partial charge in [0, 0.05) is 25.2 Å². The van der Waals surface area contributed by atoms with Crippen molar-refractivity contribution in [3.8, 4) is 0 Å². The summed E-state index contributed by atoms with van der Waals surface area (Å²) in [5.74, 6) is -1.30. The van der Waals surface area contributed by atoms with E-state index in [-0.39, 0.29) is 24.7 Å². The van der Waals surface area contributed by atoms with Gasteiger partial charge in [-0.15, -0.1) is 0 Å². The summed E-state index contributed by atoms with van der Waals surface area (Å²) in [6.07, 6.45) is 2.48. The topological polar surface area (TPSA) is 81.1 Å². The van der Waals surface area contributed by atoms with Crippen LogP contribution in [0.15, 0.2) is 0 Å². The van der Waals surface area contributed by atoms with Gasteiger partial charge in [-0.3, -0.25) is 4.79 Å². The van der Waals surface area contributed by atoms with E-state index in [0.29, 0.717) is 19.5 Å². The first-order chi connectivity index (χ1) is 8.56. The summed E-state index contributed by atoms with van der Waals surface area (Å²) in [6.45, 7) is 2.57. The number of carboxylic acids is 1. The fourth-order valence-corrected chi connectivity index (χ4v) is 2.63. The summed E-state index contributed by atoms with van der Waals surface area (Å²) in [7, 11) is 0. The van der Waals surface area contributed by atoms with E-state index in [9.17, 15) is 9.59 Å². The van der Waals surface area contributed by atoms with Gasteiger partial charge in [-0.2, -0.15) is 0 Å². The number of amides is 2. The Hall–Kier alpha value is -1.30. The van der Waals surface area contributed by atoms with Gasteiger partial charge in [-0.05, 0) is 26.2 Å². The molecule has 1 saturated heterocycles. The van der Waals surface area contributed by atoms with E-state index in [2.05, 4.69) is 0 Å². The van der Waals surface area contributed by atoms with Crippen LogP contribution in [0.3, 0.4) is 0 Å². The zero-order chi connectivity index (χ0) is 13.3. The number of carbonyl (C=O) groups is 2. The zero-order valence-electron chi connectivity index (χ0n) is 10.6. The maximum Gasteiger partial charge on any atom is 0.320 e. The van der Waals surface area contributed by atoms with Crippen LogP contribution in [0.2, 0.25) is 0 Å². The highest BCUT2D eigenvalue weighted by molar-refractivity contribution is 5.78. The molecular formula is C12H20N2O4. The minimum absolute atomic E-state index is 0.0488. The fourth-order valence-electron chi connectivity index (χ4n) is 2.63. The van der Waals surface area contributed by atoms with Gasteiger partial charge in [-0.25, -0.2) is 4.79 Å². The van der Waals surface area contributed by atoms with E-state index < -0.39 is 11.9 Å². The molecule has 0 spiro atoms. The van der Waals surface area contributed by atoms with Crippen LogP contribution in [0.25, 0.3) is 0 Å². The van der Waals surface area contributed by atoms with Crippen LogP contribution in [0.1, 0.15) is 26.2 Å². The largest absolute Gasteiger partial charge is 0.481 e. The van der Waals surface area contributed by atoms with Gasteiger partial charge in [0.25, 0.3) is 0 Å². The number of carbonyl (C=O) groups excluding carboxylic acids is 1. The van der Waals surface area contributed by atoms with Gasteiger partial charge in [0.1, 0.15) is 0 Å². The lowest BCUT2D eigenvalue weighted by Crippen LogP contribution is -2.48. The molecule has 6 heteroatoms. The second-order valence-electron chi connectivity index (χ2n) is 5.10. The van der Waals surface area contributed by atoms with Crippen molar-refractivity contribution in [1.29, 1.82) is 0 Å². The Morgan fingerprint density at radius 3 is 2.44 bits per heavy atom. The molecule has 6 nitrogen and oxygen atoms in total.